The molecule has 0 spiro atoms. The van der Waals surface area contributed by atoms with Gasteiger partial charge in [-0.1, -0.05) is 47.7 Å². The number of nitrogen functional groups attached to an aromatic ring is 1. The molecule has 26 heavy (non-hydrogen) atoms. The fourth-order valence-electron chi connectivity index (χ4n) is 2.70. The van der Waals surface area contributed by atoms with E-state index in [4.69, 9.17) is 5.73 Å². The van der Waals surface area contributed by atoms with Crippen molar-refractivity contribution < 1.29 is 4.79 Å². The average molecular weight is 360 g/mol. The highest BCUT2D eigenvalue weighted by atomic mass is 32.1. The van der Waals surface area contributed by atoms with E-state index in [1.54, 1.807) is 12.3 Å². The van der Waals surface area contributed by atoms with Gasteiger partial charge in [-0.15, -0.1) is 0 Å². The molecule has 0 aliphatic rings. The molecular weight excluding hydrogens is 344 g/mol. The molecule has 0 saturated heterocycles. The number of nitrogens with zero attached hydrogens (tertiary/aromatic N) is 1. The van der Waals surface area contributed by atoms with E-state index in [9.17, 15) is 4.79 Å². The van der Waals surface area contributed by atoms with Crippen LogP contribution in [0.3, 0.4) is 0 Å². The van der Waals surface area contributed by atoms with Crippen molar-refractivity contribution in [3.8, 4) is 0 Å². The minimum Gasteiger partial charge on any atom is -0.396 e. The summed E-state index contributed by atoms with van der Waals surface area (Å²) in [5, 5.41) is 7.65. The predicted octanol–water partition coefficient (Wildman–Crippen LogP) is 4.87. The van der Waals surface area contributed by atoms with Crippen LogP contribution in [0.5, 0.6) is 0 Å². The summed E-state index contributed by atoms with van der Waals surface area (Å²) in [5.74, 6) is -0.209. The summed E-state index contributed by atoms with van der Waals surface area (Å²) in [7, 11) is 0. The highest BCUT2D eigenvalue weighted by Crippen LogP contribution is 2.40. The summed E-state index contributed by atoms with van der Waals surface area (Å²) in [6.07, 6.45) is 1.63. The number of fused-ring (bicyclic) bond motifs is 1. The number of aromatic nitrogens is 1. The van der Waals surface area contributed by atoms with Crippen LogP contribution in [0.4, 0.5) is 22.1 Å². The lowest BCUT2D eigenvalue weighted by molar-refractivity contribution is 0.102. The third-order valence-electron chi connectivity index (χ3n) is 3.94. The Morgan fingerprint density at radius 1 is 0.923 bits per heavy atom. The number of amides is 1. The number of para-hydroxylation sites is 2. The lowest BCUT2D eigenvalue weighted by atomic mass is 10.1. The third-order valence-corrected chi connectivity index (χ3v) is 4.97. The molecule has 5 nitrogen and oxygen atoms in total. The Hall–Kier alpha value is -3.38. The molecule has 0 saturated carbocycles. The van der Waals surface area contributed by atoms with Crippen molar-refractivity contribution in [1.82, 2.24) is 4.98 Å². The molecule has 2 heterocycles. The van der Waals surface area contributed by atoms with Crippen molar-refractivity contribution in [3.63, 3.8) is 0 Å². The first kappa shape index (κ1) is 16.1. The Labute approximate surface area is 154 Å². The van der Waals surface area contributed by atoms with E-state index in [1.165, 1.54) is 11.3 Å². The van der Waals surface area contributed by atoms with Crippen LogP contribution in [0.15, 0.2) is 72.9 Å². The number of pyridine rings is 1. The van der Waals surface area contributed by atoms with E-state index in [-0.39, 0.29) is 5.91 Å². The Balaban J connectivity index is 1.71. The van der Waals surface area contributed by atoms with Gasteiger partial charge in [0.2, 0.25) is 0 Å². The summed E-state index contributed by atoms with van der Waals surface area (Å²) in [4.78, 5) is 17.8. The van der Waals surface area contributed by atoms with Gasteiger partial charge in [-0.05, 0) is 30.3 Å². The van der Waals surface area contributed by atoms with Crippen LogP contribution in [-0.4, -0.2) is 10.9 Å². The molecule has 4 N–H and O–H groups in total. The van der Waals surface area contributed by atoms with E-state index in [2.05, 4.69) is 15.6 Å². The van der Waals surface area contributed by atoms with Gasteiger partial charge in [0.1, 0.15) is 9.83 Å². The van der Waals surface area contributed by atoms with Gasteiger partial charge in [0.25, 0.3) is 5.91 Å². The Morgan fingerprint density at radius 3 is 2.27 bits per heavy atom. The van der Waals surface area contributed by atoms with Gasteiger partial charge in [0.15, 0.2) is 0 Å². The number of benzene rings is 2. The van der Waals surface area contributed by atoms with Crippen LogP contribution in [0.2, 0.25) is 0 Å². The number of hydrogen-bond donors (Lipinski definition) is 3. The number of carbonyl (C=O) groups excluding carboxylic acids is 1. The summed E-state index contributed by atoms with van der Waals surface area (Å²) < 4.78 is 0. The average Bonchev–Trinajstić information content (AvgIpc) is 2.99. The number of thiophene rings is 1. The molecule has 0 unspecified atom stereocenters. The second-order valence-corrected chi connectivity index (χ2v) is 6.69. The van der Waals surface area contributed by atoms with E-state index in [0.29, 0.717) is 16.6 Å². The maximum atomic E-state index is 12.7. The van der Waals surface area contributed by atoms with Crippen molar-refractivity contribution in [2.45, 2.75) is 0 Å². The van der Waals surface area contributed by atoms with E-state index in [1.807, 2.05) is 60.7 Å². The van der Waals surface area contributed by atoms with Crippen LogP contribution < -0.4 is 16.4 Å². The molecular formula is C20H16N4OS. The lowest BCUT2D eigenvalue weighted by Gasteiger charge is -2.07. The van der Waals surface area contributed by atoms with Crippen LogP contribution in [-0.2, 0) is 0 Å². The first-order chi connectivity index (χ1) is 12.7. The molecule has 0 bridgehead atoms. The van der Waals surface area contributed by atoms with Gasteiger partial charge >= 0.3 is 0 Å². The molecule has 2 aromatic carbocycles. The Kier molecular flexibility index (Phi) is 4.25. The van der Waals surface area contributed by atoms with Crippen molar-refractivity contribution in [3.05, 3.63) is 78.5 Å². The van der Waals surface area contributed by atoms with Crippen LogP contribution in [0, 0.1) is 0 Å². The molecule has 0 radical (unpaired) electrons. The van der Waals surface area contributed by atoms with Crippen LogP contribution >= 0.6 is 11.3 Å². The van der Waals surface area contributed by atoms with Gasteiger partial charge in [-0.3, -0.25) is 4.79 Å². The zero-order valence-corrected chi connectivity index (χ0v) is 14.6. The first-order valence-electron chi connectivity index (χ1n) is 8.08. The molecule has 6 heteroatoms. The lowest BCUT2D eigenvalue weighted by Crippen LogP contribution is -2.12. The van der Waals surface area contributed by atoms with Crippen molar-refractivity contribution in [2.24, 2.45) is 0 Å². The van der Waals surface area contributed by atoms with Crippen molar-refractivity contribution >= 4 is 49.5 Å². The largest absolute Gasteiger partial charge is 0.396 e. The SMILES string of the molecule is Nc1c(Nc2ccccc2)sc2nccc(C(=O)Nc3ccccc3)c12. The summed E-state index contributed by atoms with van der Waals surface area (Å²) in [6.45, 7) is 0. The molecule has 2 aromatic heterocycles. The highest BCUT2D eigenvalue weighted by molar-refractivity contribution is 7.23. The second-order valence-electron chi connectivity index (χ2n) is 5.69. The highest BCUT2D eigenvalue weighted by Gasteiger charge is 2.18. The fourth-order valence-corrected chi connectivity index (χ4v) is 3.71. The van der Waals surface area contributed by atoms with E-state index >= 15 is 0 Å². The maximum absolute atomic E-state index is 12.7. The van der Waals surface area contributed by atoms with E-state index in [0.717, 1.165) is 21.2 Å². The first-order valence-corrected chi connectivity index (χ1v) is 8.89. The van der Waals surface area contributed by atoms with Crippen LogP contribution in [0.1, 0.15) is 10.4 Å². The smallest absolute Gasteiger partial charge is 0.256 e. The number of carbonyl (C=O) groups is 1. The molecule has 1 amide bonds. The number of nitrogens with two attached hydrogens (primary N) is 1. The summed E-state index contributed by atoms with van der Waals surface area (Å²) in [5.41, 5.74) is 9.05. The topological polar surface area (TPSA) is 80.0 Å². The maximum Gasteiger partial charge on any atom is 0.256 e. The number of nitrogens with one attached hydrogen (secondary N) is 2. The van der Waals surface area contributed by atoms with E-state index < -0.39 is 0 Å². The van der Waals surface area contributed by atoms with Crippen molar-refractivity contribution in [1.29, 1.82) is 0 Å². The molecule has 0 fully saturated rings. The fraction of sp³-hybridized carbons (Fsp3) is 0. The van der Waals surface area contributed by atoms with Gasteiger partial charge < -0.3 is 16.4 Å². The molecule has 4 rings (SSSR count). The minimum absolute atomic E-state index is 0.209. The normalized spacial score (nSPS) is 10.6. The predicted molar refractivity (Wildman–Crippen MR) is 108 cm³/mol. The quantitative estimate of drug-likeness (QED) is 0.485. The zero-order chi connectivity index (χ0) is 17.9. The number of anilines is 4. The van der Waals surface area contributed by atoms with Crippen LogP contribution in [0.25, 0.3) is 10.2 Å². The standard InChI is InChI=1S/C20H16N4OS/c21-17-16-15(18(25)23-13-7-3-1-4-8-13)11-12-22-19(16)26-20(17)24-14-9-5-2-6-10-14/h1-12,24H,21H2,(H,23,25). The molecule has 0 aliphatic carbocycles. The van der Waals surface area contributed by atoms with Gasteiger partial charge in [0.05, 0.1) is 11.3 Å². The van der Waals surface area contributed by atoms with Crippen molar-refractivity contribution in [2.75, 3.05) is 16.4 Å². The van der Waals surface area contributed by atoms with Gasteiger partial charge in [-0.2, -0.15) is 0 Å². The Morgan fingerprint density at radius 2 is 1.58 bits per heavy atom. The number of rotatable bonds is 4. The zero-order valence-electron chi connectivity index (χ0n) is 13.8. The summed E-state index contributed by atoms with van der Waals surface area (Å²) >= 11 is 1.43. The molecule has 4 aromatic rings. The third kappa shape index (κ3) is 3.10. The van der Waals surface area contributed by atoms with Gasteiger partial charge in [0, 0.05) is 23.0 Å². The Bertz CT molecular complexity index is 1060. The molecule has 0 aliphatic heterocycles. The summed E-state index contributed by atoms with van der Waals surface area (Å²) in [6, 6.07) is 20.8. The monoisotopic (exact) mass is 360 g/mol. The second kappa shape index (κ2) is 6.85. The minimum atomic E-state index is -0.209. The van der Waals surface area contributed by atoms with Gasteiger partial charge in [-0.25, -0.2) is 4.98 Å². The number of hydrogen-bond acceptors (Lipinski definition) is 5. The molecule has 128 valence electrons. The molecule has 0 atom stereocenters.